The highest BCUT2D eigenvalue weighted by atomic mass is 16.5. The van der Waals surface area contributed by atoms with Gasteiger partial charge in [-0.2, -0.15) is 0 Å². The Balaban J connectivity index is 2.40. The lowest BCUT2D eigenvalue weighted by Crippen LogP contribution is -2.35. The van der Waals surface area contributed by atoms with E-state index in [1.165, 1.54) is 0 Å². The lowest BCUT2D eigenvalue weighted by atomic mass is 9.78. The Morgan fingerprint density at radius 3 is 2.56 bits per heavy atom. The van der Waals surface area contributed by atoms with E-state index in [1.807, 2.05) is 31.3 Å². The maximum absolute atomic E-state index is 11.4. The van der Waals surface area contributed by atoms with Gasteiger partial charge < -0.3 is 10.1 Å². The summed E-state index contributed by atoms with van der Waals surface area (Å²) in [6.07, 6.45) is 2.05. The number of para-hydroxylation sites is 1. The highest BCUT2D eigenvalue weighted by Gasteiger charge is 2.39. The molecule has 18 heavy (non-hydrogen) atoms. The number of rotatable bonds is 4. The van der Waals surface area contributed by atoms with Crippen molar-refractivity contribution in [3.8, 4) is 0 Å². The smallest absolute Gasteiger partial charge is 0.293 e. The van der Waals surface area contributed by atoms with Gasteiger partial charge in [0.1, 0.15) is 11.4 Å². The number of hydrogen-bond donors (Lipinski definition) is 1. The average Bonchev–Trinajstić information content (AvgIpc) is 2.42. The van der Waals surface area contributed by atoms with Crippen LogP contribution in [0.2, 0.25) is 0 Å². The number of ether oxygens (including phenoxy) is 1. The van der Waals surface area contributed by atoms with Crippen LogP contribution in [-0.2, 0) is 19.9 Å². The van der Waals surface area contributed by atoms with E-state index in [2.05, 4.69) is 5.32 Å². The van der Waals surface area contributed by atoms with Crippen LogP contribution in [0.3, 0.4) is 0 Å². The van der Waals surface area contributed by atoms with Crippen LogP contribution in [0.25, 0.3) is 0 Å². The van der Waals surface area contributed by atoms with Gasteiger partial charge in [-0.15, -0.1) is 0 Å². The van der Waals surface area contributed by atoms with E-state index < -0.39 is 5.60 Å². The predicted octanol–water partition coefficient (Wildman–Crippen LogP) is 2.24. The summed E-state index contributed by atoms with van der Waals surface area (Å²) in [5, 5.41) is 3.11. The topological polar surface area (TPSA) is 55.4 Å². The van der Waals surface area contributed by atoms with Gasteiger partial charge in [-0.25, -0.2) is 0 Å². The summed E-state index contributed by atoms with van der Waals surface area (Å²) < 4.78 is 5.37. The first-order valence-corrected chi connectivity index (χ1v) is 6.12. The molecule has 0 spiro atoms. The minimum Gasteiger partial charge on any atom is -0.456 e. The monoisotopic (exact) mass is 247 g/mol. The first kappa shape index (κ1) is 12.6. The molecule has 1 fully saturated rings. The second-order valence-electron chi connectivity index (χ2n) is 4.54. The van der Waals surface area contributed by atoms with Crippen LogP contribution in [0.4, 0.5) is 5.69 Å². The minimum absolute atomic E-state index is 0.238. The van der Waals surface area contributed by atoms with E-state index in [-0.39, 0.29) is 5.78 Å². The Morgan fingerprint density at radius 2 is 1.94 bits per heavy atom. The highest BCUT2D eigenvalue weighted by molar-refractivity contribution is 5.80. The zero-order chi connectivity index (χ0) is 13.0. The van der Waals surface area contributed by atoms with Gasteiger partial charge in [0.15, 0.2) is 0 Å². The molecule has 0 radical (unpaired) electrons. The van der Waals surface area contributed by atoms with E-state index >= 15 is 0 Å². The van der Waals surface area contributed by atoms with Crippen LogP contribution >= 0.6 is 0 Å². The van der Waals surface area contributed by atoms with Gasteiger partial charge in [0, 0.05) is 31.1 Å². The normalized spacial score (nSPS) is 18.2. The Kier molecular flexibility index (Phi) is 3.65. The zero-order valence-corrected chi connectivity index (χ0v) is 10.4. The van der Waals surface area contributed by atoms with Gasteiger partial charge in [0.05, 0.1) is 0 Å². The number of carbonyl (C=O) groups excluding carboxylic acids is 2. The molecule has 1 aliphatic rings. The van der Waals surface area contributed by atoms with Crippen molar-refractivity contribution >= 4 is 17.9 Å². The molecule has 0 amide bonds. The maximum Gasteiger partial charge on any atom is 0.293 e. The van der Waals surface area contributed by atoms with Gasteiger partial charge in [-0.1, -0.05) is 18.2 Å². The van der Waals surface area contributed by atoms with E-state index in [4.69, 9.17) is 4.74 Å². The van der Waals surface area contributed by atoms with Crippen LogP contribution in [0.15, 0.2) is 24.3 Å². The largest absolute Gasteiger partial charge is 0.456 e. The number of benzene rings is 1. The summed E-state index contributed by atoms with van der Waals surface area (Å²) in [6, 6.07) is 7.74. The number of hydrogen-bond acceptors (Lipinski definition) is 4. The molecule has 0 aromatic heterocycles. The van der Waals surface area contributed by atoms with Gasteiger partial charge in [-0.05, 0) is 18.9 Å². The molecule has 2 rings (SSSR count). The number of Topliss-reactive ketones (excluding diaryl/α,β-unsaturated/α-hetero) is 1. The molecule has 1 aromatic rings. The standard InChI is InChI=1S/C14H17NO3/c1-15-13-5-3-2-4-12(13)14(18-10-16)8-6-11(17)7-9-14/h2-5,10,15H,6-9H2,1H3. The molecule has 0 bridgehead atoms. The molecule has 0 unspecified atom stereocenters. The first-order chi connectivity index (χ1) is 8.72. The Hall–Kier alpha value is -1.84. The molecular weight excluding hydrogens is 230 g/mol. The summed E-state index contributed by atoms with van der Waals surface area (Å²) in [6.45, 7) is 0.488. The fourth-order valence-electron chi connectivity index (χ4n) is 2.57. The lowest BCUT2D eigenvalue weighted by Gasteiger charge is -2.36. The summed E-state index contributed by atoms with van der Waals surface area (Å²) >= 11 is 0. The third kappa shape index (κ3) is 2.23. The molecule has 0 aliphatic heterocycles. The predicted molar refractivity (Wildman–Crippen MR) is 68.3 cm³/mol. The molecule has 4 heteroatoms. The van der Waals surface area contributed by atoms with E-state index in [0.29, 0.717) is 32.2 Å². The maximum atomic E-state index is 11.4. The molecule has 0 heterocycles. The number of ketones is 1. The number of anilines is 1. The Bertz CT molecular complexity index is 446. The van der Waals surface area contributed by atoms with Crippen LogP contribution < -0.4 is 5.32 Å². The molecule has 1 aromatic carbocycles. The van der Waals surface area contributed by atoms with Gasteiger partial charge in [0.2, 0.25) is 0 Å². The van der Waals surface area contributed by atoms with Crippen molar-refractivity contribution in [1.29, 1.82) is 0 Å². The van der Waals surface area contributed by atoms with Gasteiger partial charge >= 0.3 is 0 Å². The SMILES string of the molecule is CNc1ccccc1C1(OC=O)CCC(=O)CC1. The average molecular weight is 247 g/mol. The number of carbonyl (C=O) groups is 2. The molecule has 96 valence electrons. The zero-order valence-electron chi connectivity index (χ0n) is 10.4. The molecular formula is C14H17NO3. The van der Waals surface area contributed by atoms with Crippen molar-refractivity contribution in [3.63, 3.8) is 0 Å². The van der Waals surface area contributed by atoms with E-state index in [9.17, 15) is 9.59 Å². The third-order valence-corrected chi connectivity index (χ3v) is 3.58. The van der Waals surface area contributed by atoms with Crippen LogP contribution in [-0.4, -0.2) is 19.3 Å². The van der Waals surface area contributed by atoms with Crippen LogP contribution in [0.1, 0.15) is 31.2 Å². The van der Waals surface area contributed by atoms with E-state index in [1.54, 1.807) is 0 Å². The van der Waals surface area contributed by atoms with Crippen molar-refractivity contribution in [3.05, 3.63) is 29.8 Å². The van der Waals surface area contributed by atoms with Crippen molar-refractivity contribution in [2.75, 3.05) is 12.4 Å². The lowest BCUT2D eigenvalue weighted by molar-refractivity contribution is -0.151. The van der Waals surface area contributed by atoms with Crippen LogP contribution in [0.5, 0.6) is 0 Å². The van der Waals surface area contributed by atoms with Crippen molar-refractivity contribution in [1.82, 2.24) is 0 Å². The summed E-state index contributed by atoms with van der Waals surface area (Å²) in [7, 11) is 1.83. The molecule has 0 saturated heterocycles. The molecule has 1 saturated carbocycles. The van der Waals surface area contributed by atoms with E-state index in [0.717, 1.165) is 11.3 Å². The Labute approximate surface area is 106 Å². The molecule has 1 N–H and O–H groups in total. The molecule has 0 atom stereocenters. The first-order valence-electron chi connectivity index (χ1n) is 6.12. The van der Waals surface area contributed by atoms with Crippen molar-refractivity contribution in [2.45, 2.75) is 31.3 Å². The minimum atomic E-state index is -0.657. The molecule has 4 nitrogen and oxygen atoms in total. The van der Waals surface area contributed by atoms with Gasteiger partial charge in [0.25, 0.3) is 6.47 Å². The van der Waals surface area contributed by atoms with Crippen molar-refractivity contribution < 1.29 is 14.3 Å². The van der Waals surface area contributed by atoms with Crippen LogP contribution in [0, 0.1) is 0 Å². The quantitative estimate of drug-likeness (QED) is 0.829. The Morgan fingerprint density at radius 1 is 1.28 bits per heavy atom. The summed E-state index contributed by atoms with van der Waals surface area (Å²) in [5.74, 6) is 0.238. The molecule has 1 aliphatic carbocycles. The highest BCUT2D eigenvalue weighted by Crippen LogP contribution is 2.42. The fraction of sp³-hybridized carbons (Fsp3) is 0.429. The second-order valence-corrected chi connectivity index (χ2v) is 4.54. The third-order valence-electron chi connectivity index (χ3n) is 3.58. The summed E-state index contributed by atoms with van der Waals surface area (Å²) in [4.78, 5) is 22.2. The van der Waals surface area contributed by atoms with Gasteiger partial charge in [-0.3, -0.25) is 9.59 Å². The second kappa shape index (κ2) is 5.21. The fourth-order valence-corrected chi connectivity index (χ4v) is 2.57. The summed E-state index contributed by atoms with van der Waals surface area (Å²) in [5.41, 5.74) is 1.23. The van der Waals surface area contributed by atoms with Crippen molar-refractivity contribution in [2.24, 2.45) is 0 Å². The number of nitrogens with one attached hydrogen (secondary N) is 1.